The van der Waals surface area contributed by atoms with Crippen molar-refractivity contribution in [2.75, 3.05) is 0 Å². The largest absolute Gasteiger partial charge is 1.00 e. The molecule has 13 heavy (non-hydrogen) atoms. The Kier molecular flexibility index (Phi) is 2.92. The van der Waals surface area contributed by atoms with Gasteiger partial charge in [0.1, 0.15) is 5.82 Å². The summed E-state index contributed by atoms with van der Waals surface area (Å²) in [7, 11) is 0. The van der Waals surface area contributed by atoms with E-state index in [0.29, 0.717) is 10.9 Å². The molecule has 2 rings (SSSR count). The van der Waals surface area contributed by atoms with Crippen LogP contribution in [0.1, 0.15) is 0 Å². The molecule has 0 fully saturated rings. The maximum atomic E-state index is 13.0. The van der Waals surface area contributed by atoms with Gasteiger partial charge in [-0.3, -0.25) is 0 Å². The minimum Gasteiger partial charge on any atom is -0.868 e. The molecule has 0 aliphatic heterocycles. The van der Waals surface area contributed by atoms with E-state index >= 15 is 0 Å². The van der Waals surface area contributed by atoms with E-state index in [1.54, 1.807) is 18.3 Å². The van der Waals surface area contributed by atoms with Crippen LogP contribution in [-0.4, -0.2) is 0 Å². The number of aromatic amines is 1. The summed E-state index contributed by atoms with van der Waals surface area (Å²) in [6, 6.07) is 5.63. The van der Waals surface area contributed by atoms with Gasteiger partial charge < -0.3 is 5.11 Å². The van der Waals surface area contributed by atoms with Gasteiger partial charge >= 0.3 is 18.9 Å². The Bertz CT molecular complexity index is 392. The molecule has 0 bridgehead atoms. The molecule has 1 aromatic heterocycles. The fourth-order valence-electron chi connectivity index (χ4n) is 1.16. The molecule has 60 valence electrons. The third kappa shape index (κ3) is 1.67. The average Bonchev–Trinajstić information content (AvgIpc) is 2.12. The van der Waals surface area contributed by atoms with Gasteiger partial charge in [0.2, 0.25) is 5.52 Å². The molecule has 0 aliphatic rings. The van der Waals surface area contributed by atoms with Crippen molar-refractivity contribution in [2.24, 2.45) is 0 Å². The van der Waals surface area contributed by atoms with Gasteiger partial charge in [0.05, 0.1) is 5.39 Å². The van der Waals surface area contributed by atoms with Crippen LogP contribution in [0.3, 0.4) is 0 Å². The van der Waals surface area contributed by atoms with E-state index in [1.807, 2.05) is 0 Å². The maximum absolute atomic E-state index is 13.0. The third-order valence-electron chi connectivity index (χ3n) is 1.74. The summed E-state index contributed by atoms with van der Waals surface area (Å²) in [6.07, 6.45) is 1.60. The topological polar surface area (TPSA) is 37.2 Å². The van der Waals surface area contributed by atoms with Crippen molar-refractivity contribution in [1.82, 2.24) is 0 Å². The second kappa shape index (κ2) is 3.78. The number of aromatic nitrogens is 1. The van der Waals surface area contributed by atoms with Crippen molar-refractivity contribution in [3.63, 3.8) is 0 Å². The third-order valence-corrected chi connectivity index (χ3v) is 1.74. The van der Waals surface area contributed by atoms with Crippen LogP contribution in [0.4, 0.5) is 4.39 Å². The fourth-order valence-corrected chi connectivity index (χ4v) is 1.16. The van der Waals surface area contributed by atoms with E-state index in [9.17, 15) is 9.50 Å². The van der Waals surface area contributed by atoms with Crippen LogP contribution in [0.2, 0.25) is 0 Å². The summed E-state index contributed by atoms with van der Waals surface area (Å²) in [5, 5.41) is 11.5. The zero-order chi connectivity index (χ0) is 8.55. The summed E-state index contributed by atoms with van der Waals surface area (Å²) in [6.45, 7) is 0. The standard InChI is InChI=1S/C9H6FNO.Li/c10-7-3-4-8(12)9-6(7)2-1-5-11-9;/h1-5,12H;/q;+1. The first-order valence-corrected chi connectivity index (χ1v) is 3.55. The summed E-state index contributed by atoms with van der Waals surface area (Å²) >= 11 is 0. The Morgan fingerprint density at radius 3 is 2.69 bits per heavy atom. The van der Waals surface area contributed by atoms with Gasteiger partial charge in [0, 0.05) is 6.07 Å². The van der Waals surface area contributed by atoms with Crippen LogP contribution in [0.15, 0.2) is 30.5 Å². The van der Waals surface area contributed by atoms with Crippen molar-refractivity contribution in [3.8, 4) is 5.75 Å². The zero-order valence-electron chi connectivity index (χ0n) is 7.17. The average molecular weight is 170 g/mol. The first kappa shape index (κ1) is 10.0. The zero-order valence-corrected chi connectivity index (χ0v) is 7.17. The molecule has 2 nitrogen and oxygen atoms in total. The smallest absolute Gasteiger partial charge is 0.868 e. The van der Waals surface area contributed by atoms with Gasteiger partial charge in [0.25, 0.3) is 0 Å². The molecule has 0 unspecified atom stereocenters. The number of H-pyrrole nitrogens is 1. The van der Waals surface area contributed by atoms with Crippen LogP contribution in [0, 0.1) is 5.82 Å². The number of hydrogen-bond donors (Lipinski definition) is 0. The van der Waals surface area contributed by atoms with Crippen molar-refractivity contribution in [2.45, 2.75) is 0 Å². The second-order valence-electron chi connectivity index (χ2n) is 2.50. The predicted octanol–water partition coefficient (Wildman–Crippen LogP) is -2.13. The Balaban J connectivity index is 0.000000845. The first-order chi connectivity index (χ1) is 5.79. The Morgan fingerprint density at radius 1 is 1.23 bits per heavy atom. The minimum absolute atomic E-state index is 0. The number of hydrogen-bond acceptors (Lipinski definition) is 1. The molecule has 0 saturated carbocycles. The van der Waals surface area contributed by atoms with Gasteiger partial charge in [-0.05, 0) is 17.9 Å². The van der Waals surface area contributed by atoms with Gasteiger partial charge in [-0.15, -0.1) is 0 Å². The minimum atomic E-state index is -0.374. The molecular weight excluding hydrogens is 164 g/mol. The van der Waals surface area contributed by atoms with Crippen LogP contribution < -0.4 is 29.0 Å². The molecule has 1 N–H and O–H groups in total. The van der Waals surface area contributed by atoms with Crippen LogP contribution in [-0.2, 0) is 0 Å². The molecular formula is C9H6FLiNO+. The maximum Gasteiger partial charge on any atom is 1.00 e. The summed E-state index contributed by atoms with van der Waals surface area (Å²) < 4.78 is 13.0. The molecule has 0 atom stereocenters. The van der Waals surface area contributed by atoms with Gasteiger partial charge in [-0.2, -0.15) is 0 Å². The van der Waals surface area contributed by atoms with Crippen molar-refractivity contribution in [3.05, 3.63) is 36.3 Å². The normalized spacial score (nSPS) is 9.62. The van der Waals surface area contributed by atoms with Crippen molar-refractivity contribution >= 4 is 10.9 Å². The molecule has 4 heteroatoms. The Morgan fingerprint density at radius 2 is 2.00 bits per heavy atom. The summed E-state index contributed by atoms with van der Waals surface area (Å²) in [4.78, 5) is 2.71. The number of rotatable bonds is 0. The number of halogens is 1. The van der Waals surface area contributed by atoms with E-state index in [4.69, 9.17) is 0 Å². The SMILES string of the molecule is [Li+].[O-]c1ccc(F)c2ccc[nH+]c12. The fraction of sp³-hybridized carbons (Fsp3) is 0. The van der Waals surface area contributed by atoms with Gasteiger partial charge in [0.15, 0.2) is 6.20 Å². The van der Waals surface area contributed by atoms with Gasteiger partial charge in [-0.1, -0.05) is 6.07 Å². The van der Waals surface area contributed by atoms with Crippen molar-refractivity contribution < 1.29 is 33.3 Å². The van der Waals surface area contributed by atoms with E-state index in [-0.39, 0.29) is 30.4 Å². The molecule has 0 aliphatic carbocycles. The molecule has 2 aromatic rings. The van der Waals surface area contributed by atoms with Crippen LogP contribution in [0.25, 0.3) is 10.9 Å². The number of benzene rings is 1. The monoisotopic (exact) mass is 170 g/mol. The second-order valence-corrected chi connectivity index (χ2v) is 2.50. The Hall–Kier alpha value is -1.04. The molecule has 1 aromatic carbocycles. The van der Waals surface area contributed by atoms with E-state index < -0.39 is 0 Å². The van der Waals surface area contributed by atoms with Crippen LogP contribution in [0.5, 0.6) is 5.75 Å². The first-order valence-electron chi connectivity index (χ1n) is 3.55. The molecule has 0 radical (unpaired) electrons. The molecule has 0 saturated heterocycles. The number of fused-ring (bicyclic) bond motifs is 1. The Labute approximate surface area is 86.6 Å². The number of nitrogens with one attached hydrogen (secondary N) is 1. The van der Waals surface area contributed by atoms with E-state index in [2.05, 4.69) is 4.98 Å². The quantitative estimate of drug-likeness (QED) is 0.416. The predicted molar refractivity (Wildman–Crippen MR) is 39.9 cm³/mol. The van der Waals surface area contributed by atoms with E-state index in [1.165, 1.54) is 12.1 Å². The molecule has 1 heterocycles. The van der Waals surface area contributed by atoms with Crippen LogP contribution >= 0.6 is 0 Å². The molecule has 0 spiro atoms. The summed E-state index contributed by atoms with van der Waals surface area (Å²) in [5.74, 6) is -0.562. The molecule has 0 amide bonds. The van der Waals surface area contributed by atoms with E-state index in [0.717, 1.165) is 0 Å². The van der Waals surface area contributed by atoms with Gasteiger partial charge in [-0.25, -0.2) is 9.37 Å². The summed E-state index contributed by atoms with van der Waals surface area (Å²) in [5.41, 5.74) is 0.317. The van der Waals surface area contributed by atoms with Crippen molar-refractivity contribution in [1.29, 1.82) is 0 Å². The number of pyridine rings is 1.